The molecular formula is C30H37N3O4S. The Morgan fingerprint density at radius 2 is 2.05 bits per heavy atom. The van der Waals surface area contributed by atoms with Crippen LogP contribution >= 0.6 is 12.6 Å². The molecular weight excluding hydrogens is 498 g/mol. The van der Waals surface area contributed by atoms with Gasteiger partial charge in [0.15, 0.2) is 0 Å². The Hall–Kier alpha value is -2.42. The van der Waals surface area contributed by atoms with E-state index in [1.165, 1.54) is 5.57 Å². The summed E-state index contributed by atoms with van der Waals surface area (Å²) in [5.41, 5.74) is 2.58. The van der Waals surface area contributed by atoms with Gasteiger partial charge in [-0.25, -0.2) is 4.68 Å². The van der Waals surface area contributed by atoms with Crippen molar-refractivity contribution in [3.05, 3.63) is 52.9 Å². The number of hydrogen-bond donors (Lipinski definition) is 4. The van der Waals surface area contributed by atoms with Crippen LogP contribution in [0.25, 0.3) is 11.8 Å². The average molecular weight is 536 g/mol. The fourth-order valence-electron chi connectivity index (χ4n) is 8.79. The number of carbonyl (C=O) groups excluding carboxylic acids is 2. The minimum Gasteiger partial charge on any atom is -0.393 e. The van der Waals surface area contributed by atoms with Gasteiger partial charge in [-0.3, -0.25) is 9.59 Å². The molecule has 7 nitrogen and oxygen atoms in total. The first kappa shape index (κ1) is 25.8. The number of hydrogen-bond acceptors (Lipinski definition) is 5. The Morgan fingerprint density at radius 1 is 1.26 bits per heavy atom. The maximum Gasteiger partial charge on any atom is 0.251 e. The van der Waals surface area contributed by atoms with Gasteiger partial charge in [0.25, 0.3) is 5.91 Å². The molecule has 7 atom stereocenters. The van der Waals surface area contributed by atoms with Crippen LogP contribution in [-0.4, -0.2) is 49.3 Å². The summed E-state index contributed by atoms with van der Waals surface area (Å²) in [6.45, 7) is 6.75. The summed E-state index contributed by atoms with van der Waals surface area (Å²) >= 11 is 4.07. The first-order valence-electron chi connectivity index (χ1n) is 13.8. The molecule has 6 rings (SSSR count). The van der Waals surface area contributed by atoms with Crippen LogP contribution in [0.3, 0.4) is 0 Å². The van der Waals surface area contributed by atoms with Crippen molar-refractivity contribution in [3.63, 3.8) is 0 Å². The maximum atomic E-state index is 12.4. The number of nitrogens with zero attached hydrogens (tertiary/aromatic N) is 2. The third-order valence-corrected chi connectivity index (χ3v) is 11.0. The largest absolute Gasteiger partial charge is 0.393 e. The number of nitrogens with one attached hydrogen (secondary N) is 1. The van der Waals surface area contributed by atoms with Gasteiger partial charge < -0.3 is 15.5 Å². The molecule has 1 aromatic heterocycles. The summed E-state index contributed by atoms with van der Waals surface area (Å²) in [6.07, 6.45) is 7.78. The minimum atomic E-state index is -1.48. The number of fused-ring (bicyclic) bond motifs is 6. The Balaban J connectivity index is 1.35. The number of thiol groups is 1. The summed E-state index contributed by atoms with van der Waals surface area (Å²) in [5, 5.41) is 30.1. The van der Waals surface area contributed by atoms with Crippen molar-refractivity contribution in [2.75, 3.05) is 6.54 Å². The first-order chi connectivity index (χ1) is 18.0. The zero-order chi connectivity index (χ0) is 27.0. The Labute approximate surface area is 229 Å². The molecule has 3 fully saturated rings. The number of allylic oxidation sites excluding steroid dienone is 1. The maximum absolute atomic E-state index is 12.4. The van der Waals surface area contributed by atoms with Crippen molar-refractivity contribution in [2.24, 2.45) is 28.6 Å². The van der Waals surface area contributed by atoms with Gasteiger partial charge in [-0.05, 0) is 98.5 Å². The van der Waals surface area contributed by atoms with Gasteiger partial charge in [0.2, 0.25) is 5.12 Å². The summed E-state index contributed by atoms with van der Waals surface area (Å²) in [6, 6.07) is 7.53. The molecule has 4 aliphatic rings. The van der Waals surface area contributed by atoms with E-state index in [4.69, 9.17) is 5.10 Å². The van der Waals surface area contributed by atoms with Crippen LogP contribution in [0, 0.1) is 28.6 Å². The number of amides is 1. The van der Waals surface area contributed by atoms with Crippen molar-refractivity contribution in [1.82, 2.24) is 15.1 Å². The predicted octanol–water partition coefficient (Wildman–Crippen LogP) is 3.96. The summed E-state index contributed by atoms with van der Waals surface area (Å²) < 4.78 is 1.92. The number of aromatic nitrogens is 2. The third-order valence-electron chi connectivity index (χ3n) is 10.6. The third kappa shape index (κ3) is 3.45. The highest BCUT2D eigenvalue weighted by Crippen LogP contribution is 2.67. The molecule has 0 bridgehead atoms. The van der Waals surface area contributed by atoms with Crippen molar-refractivity contribution in [3.8, 4) is 5.69 Å². The molecule has 0 spiro atoms. The lowest BCUT2D eigenvalue weighted by Gasteiger charge is -2.60. The van der Waals surface area contributed by atoms with Gasteiger partial charge in [0.1, 0.15) is 5.60 Å². The first-order valence-corrected chi connectivity index (χ1v) is 14.3. The molecule has 1 aromatic carbocycles. The second-order valence-corrected chi connectivity index (χ2v) is 12.8. The highest BCUT2D eigenvalue weighted by Gasteiger charge is 2.68. The van der Waals surface area contributed by atoms with Crippen molar-refractivity contribution in [2.45, 2.75) is 71.0 Å². The lowest BCUT2D eigenvalue weighted by Crippen LogP contribution is -2.61. The number of aliphatic hydroxyl groups is 2. The molecule has 2 aromatic rings. The van der Waals surface area contributed by atoms with Crippen LogP contribution in [0.5, 0.6) is 0 Å². The number of aliphatic hydroxyl groups excluding tert-OH is 1. The van der Waals surface area contributed by atoms with Crippen LogP contribution < -0.4 is 5.32 Å². The van der Waals surface area contributed by atoms with Crippen LogP contribution in [-0.2, 0) is 11.2 Å². The highest BCUT2D eigenvalue weighted by molar-refractivity contribution is 7.96. The van der Waals surface area contributed by atoms with Gasteiger partial charge >= 0.3 is 0 Å². The topological polar surface area (TPSA) is 104 Å². The zero-order valence-electron chi connectivity index (χ0n) is 22.3. The van der Waals surface area contributed by atoms with Gasteiger partial charge in [-0.1, -0.05) is 25.5 Å². The number of benzene rings is 1. The van der Waals surface area contributed by atoms with E-state index >= 15 is 0 Å². The number of carbonyl (C=O) groups is 2. The van der Waals surface area contributed by atoms with E-state index in [0.717, 1.165) is 42.6 Å². The molecule has 3 saturated carbocycles. The smallest absolute Gasteiger partial charge is 0.251 e. The van der Waals surface area contributed by atoms with E-state index in [0.29, 0.717) is 24.9 Å². The van der Waals surface area contributed by atoms with Gasteiger partial charge in [-0.2, -0.15) is 5.10 Å². The Bertz CT molecular complexity index is 1350. The highest BCUT2D eigenvalue weighted by atomic mass is 32.1. The SMILES string of the molecule is CCNC(=O)c1cccc(-n2ncc3c2C=C2CC[C@@H]4C([C@@H](O)C[C@@]5(C)C4CC[C@]5(O)C(=O)S)[C@@]2(C)C3)c1. The quantitative estimate of drug-likeness (QED) is 0.444. The molecule has 1 amide bonds. The van der Waals surface area contributed by atoms with Crippen LogP contribution in [0.2, 0.25) is 0 Å². The van der Waals surface area contributed by atoms with Crippen LogP contribution in [0.1, 0.15) is 74.5 Å². The Morgan fingerprint density at radius 3 is 2.79 bits per heavy atom. The van der Waals surface area contributed by atoms with E-state index in [1.807, 2.05) is 49.0 Å². The summed E-state index contributed by atoms with van der Waals surface area (Å²) in [4.78, 5) is 24.8. The summed E-state index contributed by atoms with van der Waals surface area (Å²) in [7, 11) is 0. The molecule has 38 heavy (non-hydrogen) atoms. The molecule has 0 aliphatic heterocycles. The lowest BCUT2D eigenvalue weighted by atomic mass is 9.45. The second kappa shape index (κ2) is 8.80. The van der Waals surface area contributed by atoms with E-state index in [9.17, 15) is 19.8 Å². The van der Waals surface area contributed by atoms with Gasteiger partial charge in [0, 0.05) is 17.5 Å². The molecule has 8 heteroatoms. The zero-order valence-corrected chi connectivity index (χ0v) is 23.2. The Kier molecular flexibility index (Phi) is 5.98. The van der Waals surface area contributed by atoms with Crippen molar-refractivity contribution >= 4 is 29.7 Å². The number of rotatable bonds is 4. The van der Waals surface area contributed by atoms with Gasteiger partial charge in [0.05, 0.1) is 23.7 Å². The van der Waals surface area contributed by atoms with E-state index in [-0.39, 0.29) is 29.1 Å². The molecule has 3 N–H and O–H groups in total. The molecule has 0 saturated heterocycles. The normalized spacial score (nSPS) is 37.4. The minimum absolute atomic E-state index is 0.0514. The summed E-state index contributed by atoms with van der Waals surface area (Å²) in [5.74, 6) is 0.362. The van der Waals surface area contributed by atoms with Crippen LogP contribution in [0.4, 0.5) is 0 Å². The standard InChI is InChI=1S/C30H37N3O4S/c1-4-31-26(35)17-6-5-7-20(12-17)33-23-13-19-8-9-21-22-10-11-30(37,27(36)38)29(22,3)15-24(34)25(21)28(19,2)14-18(23)16-32-33/h5-7,12-13,16,21-22,24-25,34,37H,4,8-11,14-15H2,1-3H3,(H,31,35)(H,36,38)/t21-,22?,24-,25?,28-,29-,30-/m0/s1. The van der Waals surface area contributed by atoms with E-state index in [2.05, 4.69) is 30.9 Å². The van der Waals surface area contributed by atoms with Crippen LogP contribution in [0.15, 0.2) is 36.0 Å². The van der Waals surface area contributed by atoms with Crippen molar-refractivity contribution < 1.29 is 19.8 Å². The van der Waals surface area contributed by atoms with E-state index < -0.39 is 22.2 Å². The average Bonchev–Trinajstić information content (AvgIpc) is 3.40. The predicted molar refractivity (Wildman–Crippen MR) is 148 cm³/mol. The monoisotopic (exact) mass is 535 g/mol. The fourth-order valence-corrected chi connectivity index (χ4v) is 9.16. The van der Waals surface area contributed by atoms with Crippen molar-refractivity contribution in [1.29, 1.82) is 0 Å². The molecule has 1 heterocycles. The van der Waals surface area contributed by atoms with E-state index in [1.54, 1.807) is 0 Å². The lowest BCUT2D eigenvalue weighted by molar-refractivity contribution is -0.173. The molecule has 2 unspecified atom stereocenters. The second-order valence-electron chi connectivity index (χ2n) is 12.4. The molecule has 0 radical (unpaired) electrons. The molecule has 4 aliphatic carbocycles. The fraction of sp³-hybridized carbons (Fsp3) is 0.567. The molecule has 202 valence electrons. The van der Waals surface area contributed by atoms with Gasteiger partial charge in [-0.15, -0.1) is 12.6 Å².